The molecule has 292 valence electrons. The predicted octanol–water partition coefficient (Wildman–Crippen LogP) is 14.7. The number of imidazole rings is 1. The third kappa shape index (κ3) is 7.44. The van der Waals surface area contributed by atoms with Gasteiger partial charge in [0, 0.05) is 34.5 Å². The molecule has 2 heterocycles. The zero-order valence-corrected chi connectivity index (χ0v) is 34.7. The van der Waals surface area contributed by atoms with E-state index in [0.29, 0.717) is 5.82 Å². The number of benzene rings is 7. The Kier molecular flexibility index (Phi) is 10.1. The molecule has 4 heteroatoms. The summed E-state index contributed by atoms with van der Waals surface area (Å²) >= 11 is 0. The monoisotopic (exact) mass is 777 g/mol. The van der Waals surface area contributed by atoms with Crippen LogP contribution in [0.25, 0.3) is 84.3 Å². The van der Waals surface area contributed by atoms with E-state index in [-0.39, 0.29) is 11.2 Å². The standard InChI is InChI=1S/C56H47N3O/c1-37-17-15-18-38(2)54(37)43-29-30-57-49(35-43)45-31-44(32-46(33-45)56(3,4)5)47-25-16-26-51-55(47)58-53(36-52(60)41-23-13-8-14-24-41)59(51)50-28-27-42(39-19-9-6-10-20-39)34-48(50)40-21-11-7-12-22-40/h6-36,60H,1-5H3/b52-36-. The Labute approximate surface area is 352 Å². The molecule has 0 atom stereocenters. The lowest BCUT2D eigenvalue weighted by atomic mass is 9.83. The number of hydrogen-bond donors (Lipinski definition) is 1. The van der Waals surface area contributed by atoms with E-state index in [1.807, 2.05) is 48.7 Å². The van der Waals surface area contributed by atoms with Crippen molar-refractivity contribution in [3.8, 4) is 61.5 Å². The van der Waals surface area contributed by atoms with Crippen molar-refractivity contribution in [1.82, 2.24) is 14.5 Å². The lowest BCUT2D eigenvalue weighted by Crippen LogP contribution is -2.11. The molecule has 0 bridgehead atoms. The summed E-state index contributed by atoms with van der Waals surface area (Å²) in [7, 11) is 0. The maximum absolute atomic E-state index is 11.7. The third-order valence-corrected chi connectivity index (χ3v) is 11.4. The first-order valence-electron chi connectivity index (χ1n) is 20.5. The van der Waals surface area contributed by atoms with Gasteiger partial charge in [0.05, 0.1) is 22.4 Å². The molecule has 60 heavy (non-hydrogen) atoms. The Bertz CT molecular complexity index is 3010. The summed E-state index contributed by atoms with van der Waals surface area (Å²) in [6.07, 6.45) is 3.71. The number of fused-ring (bicyclic) bond motifs is 1. The number of rotatable bonds is 8. The van der Waals surface area contributed by atoms with Gasteiger partial charge in [-0.2, -0.15) is 0 Å². The minimum absolute atomic E-state index is 0.136. The SMILES string of the molecule is Cc1cccc(C)c1-c1ccnc(-c2cc(-c3cccc4c3nc(/C=C(\O)c3ccccc3)n4-c3ccc(-c4ccccc4)cc3-c3ccccc3)cc(C(C)(C)C)c2)c1. The summed E-state index contributed by atoms with van der Waals surface area (Å²) in [5.74, 6) is 0.765. The van der Waals surface area contributed by atoms with Crippen LogP contribution in [0.15, 0.2) is 182 Å². The van der Waals surface area contributed by atoms with Crippen molar-refractivity contribution in [1.29, 1.82) is 0 Å². The molecule has 9 aromatic rings. The molecule has 0 aliphatic rings. The van der Waals surface area contributed by atoms with E-state index in [1.54, 1.807) is 6.08 Å². The number of para-hydroxylation sites is 1. The topological polar surface area (TPSA) is 50.9 Å². The zero-order valence-electron chi connectivity index (χ0n) is 34.7. The molecule has 0 aliphatic heterocycles. The van der Waals surface area contributed by atoms with Crippen molar-refractivity contribution in [3.63, 3.8) is 0 Å². The molecule has 7 aromatic carbocycles. The smallest absolute Gasteiger partial charge is 0.142 e. The van der Waals surface area contributed by atoms with Crippen molar-refractivity contribution in [3.05, 3.63) is 210 Å². The largest absolute Gasteiger partial charge is 0.507 e. The van der Waals surface area contributed by atoms with Crippen LogP contribution in [0.4, 0.5) is 0 Å². The fourth-order valence-electron chi connectivity index (χ4n) is 8.28. The second-order valence-electron chi connectivity index (χ2n) is 16.6. The molecular formula is C56H47N3O. The van der Waals surface area contributed by atoms with Crippen molar-refractivity contribution in [2.45, 2.75) is 40.0 Å². The molecule has 2 aromatic heterocycles. The number of pyridine rings is 1. The van der Waals surface area contributed by atoms with Gasteiger partial charge in [-0.1, -0.05) is 154 Å². The van der Waals surface area contributed by atoms with Crippen molar-refractivity contribution in [2.24, 2.45) is 0 Å². The van der Waals surface area contributed by atoms with E-state index in [4.69, 9.17) is 9.97 Å². The maximum atomic E-state index is 11.7. The lowest BCUT2D eigenvalue weighted by molar-refractivity contribution is 0.515. The zero-order chi connectivity index (χ0) is 41.4. The Hall–Kier alpha value is -7.30. The highest BCUT2D eigenvalue weighted by Crippen LogP contribution is 2.40. The van der Waals surface area contributed by atoms with Gasteiger partial charge in [-0.05, 0) is 112 Å². The number of aliphatic hydroxyl groups excluding tert-OH is 1. The summed E-state index contributed by atoms with van der Waals surface area (Å²) in [6.45, 7) is 11.1. The third-order valence-electron chi connectivity index (χ3n) is 11.4. The highest BCUT2D eigenvalue weighted by Gasteiger charge is 2.22. The molecule has 0 saturated carbocycles. The average Bonchev–Trinajstić information content (AvgIpc) is 3.64. The Morgan fingerprint density at radius 3 is 1.90 bits per heavy atom. The fraction of sp³-hybridized carbons (Fsp3) is 0.107. The number of aromatic nitrogens is 3. The van der Waals surface area contributed by atoms with Gasteiger partial charge in [0.15, 0.2) is 0 Å². The lowest BCUT2D eigenvalue weighted by Gasteiger charge is -2.22. The molecule has 0 unspecified atom stereocenters. The van der Waals surface area contributed by atoms with Crippen molar-refractivity contribution < 1.29 is 5.11 Å². The summed E-state index contributed by atoms with van der Waals surface area (Å²) in [4.78, 5) is 10.4. The first-order chi connectivity index (χ1) is 29.1. The second-order valence-corrected chi connectivity index (χ2v) is 16.6. The quantitative estimate of drug-likeness (QED) is 0.156. The summed E-state index contributed by atoms with van der Waals surface area (Å²) in [5, 5.41) is 11.7. The molecular weight excluding hydrogens is 731 g/mol. The molecule has 1 N–H and O–H groups in total. The molecule has 0 radical (unpaired) electrons. The molecule has 0 amide bonds. The van der Waals surface area contributed by atoms with E-state index in [9.17, 15) is 5.11 Å². The van der Waals surface area contributed by atoms with Gasteiger partial charge >= 0.3 is 0 Å². The minimum atomic E-state index is -0.136. The van der Waals surface area contributed by atoms with E-state index in [2.05, 4.69) is 173 Å². The van der Waals surface area contributed by atoms with Crippen LogP contribution in [-0.2, 0) is 5.41 Å². The summed E-state index contributed by atoms with van der Waals surface area (Å²) < 4.78 is 2.19. The molecule has 9 rings (SSSR count). The summed E-state index contributed by atoms with van der Waals surface area (Å²) in [5.41, 5.74) is 17.8. The average molecular weight is 778 g/mol. The van der Waals surface area contributed by atoms with Gasteiger partial charge in [0.1, 0.15) is 11.6 Å². The first kappa shape index (κ1) is 38.2. The maximum Gasteiger partial charge on any atom is 0.142 e. The number of aryl methyl sites for hydroxylation is 2. The van der Waals surface area contributed by atoms with Crippen LogP contribution in [0.5, 0.6) is 0 Å². The van der Waals surface area contributed by atoms with E-state index >= 15 is 0 Å². The normalized spacial score (nSPS) is 11.9. The Morgan fingerprint density at radius 1 is 0.550 bits per heavy atom. The summed E-state index contributed by atoms with van der Waals surface area (Å²) in [6, 6.07) is 61.3. The molecule has 0 spiro atoms. The van der Waals surface area contributed by atoms with Gasteiger partial charge in [-0.3, -0.25) is 9.55 Å². The molecule has 0 fully saturated rings. The van der Waals surface area contributed by atoms with Crippen LogP contribution in [0.1, 0.15) is 48.8 Å². The van der Waals surface area contributed by atoms with E-state index in [1.165, 1.54) is 22.3 Å². The highest BCUT2D eigenvalue weighted by molar-refractivity contribution is 5.97. The minimum Gasteiger partial charge on any atom is -0.507 e. The van der Waals surface area contributed by atoms with E-state index < -0.39 is 0 Å². The van der Waals surface area contributed by atoms with Crippen molar-refractivity contribution >= 4 is 22.9 Å². The van der Waals surface area contributed by atoms with Crippen LogP contribution in [-0.4, -0.2) is 19.6 Å². The van der Waals surface area contributed by atoms with Crippen LogP contribution >= 0.6 is 0 Å². The van der Waals surface area contributed by atoms with Gasteiger partial charge in [0.2, 0.25) is 0 Å². The number of nitrogens with zero attached hydrogens (tertiary/aromatic N) is 3. The van der Waals surface area contributed by atoms with Gasteiger partial charge < -0.3 is 5.11 Å². The number of hydrogen-bond acceptors (Lipinski definition) is 3. The first-order valence-corrected chi connectivity index (χ1v) is 20.5. The number of aliphatic hydroxyl groups is 1. The molecule has 4 nitrogen and oxygen atoms in total. The van der Waals surface area contributed by atoms with Crippen LogP contribution < -0.4 is 0 Å². The molecule has 0 saturated heterocycles. The Balaban J connectivity index is 1.28. The van der Waals surface area contributed by atoms with Crippen molar-refractivity contribution in [2.75, 3.05) is 0 Å². The second kappa shape index (κ2) is 15.8. The molecule has 0 aliphatic carbocycles. The van der Waals surface area contributed by atoms with E-state index in [0.717, 1.165) is 72.5 Å². The highest BCUT2D eigenvalue weighted by atomic mass is 16.3. The van der Waals surface area contributed by atoms with Crippen LogP contribution in [0.2, 0.25) is 0 Å². The predicted molar refractivity (Wildman–Crippen MR) is 251 cm³/mol. The van der Waals surface area contributed by atoms with Gasteiger partial charge in [-0.15, -0.1) is 0 Å². The van der Waals surface area contributed by atoms with Crippen LogP contribution in [0, 0.1) is 13.8 Å². The Morgan fingerprint density at radius 2 is 1.20 bits per heavy atom. The van der Waals surface area contributed by atoms with Gasteiger partial charge in [0.25, 0.3) is 0 Å². The fourth-order valence-corrected chi connectivity index (χ4v) is 8.28. The van der Waals surface area contributed by atoms with Crippen LogP contribution in [0.3, 0.4) is 0 Å². The van der Waals surface area contributed by atoms with Gasteiger partial charge in [-0.25, -0.2) is 4.98 Å².